The Bertz CT molecular complexity index is 665. The Morgan fingerprint density at radius 1 is 0.600 bits per heavy atom. The van der Waals surface area contributed by atoms with Gasteiger partial charge in [0.2, 0.25) is 0 Å². The van der Waals surface area contributed by atoms with E-state index in [4.69, 9.17) is 23.6 Å². The zero-order valence-corrected chi connectivity index (χ0v) is 17.1. The second-order valence-corrected chi connectivity index (χ2v) is 6.62. The number of benzene rings is 2. The summed E-state index contributed by atoms with van der Waals surface area (Å²) in [5, 5.41) is 0. The predicted molar refractivity (Wildman–Crippen MR) is 112 cm³/mol. The van der Waals surface area contributed by atoms with Crippen molar-refractivity contribution in [2.75, 3.05) is 9.67 Å². The number of aryl methyl sites for hydroxylation is 2. The molecule has 0 heterocycles. The van der Waals surface area contributed by atoms with Gasteiger partial charge in [-0.1, -0.05) is 39.8 Å². The van der Waals surface area contributed by atoms with Crippen LogP contribution in [0.4, 0.5) is 11.4 Å². The van der Waals surface area contributed by atoms with Crippen molar-refractivity contribution >= 4 is 34.9 Å². The molecule has 2 rings (SSSR count). The van der Waals surface area contributed by atoms with Crippen molar-refractivity contribution in [3.8, 4) is 0 Å². The lowest BCUT2D eigenvalue weighted by Crippen LogP contribution is -2.08. The summed E-state index contributed by atoms with van der Waals surface area (Å²) in [5.74, 6) is 0. The zero-order valence-electron chi connectivity index (χ0n) is 15.6. The Hall–Kier alpha value is -1.38. The minimum Gasteiger partial charge on any atom is -0.298 e. The third-order valence-corrected chi connectivity index (χ3v) is 5.49. The van der Waals surface area contributed by atoms with Gasteiger partial charge in [0.05, 0.1) is 11.4 Å². The number of halogens is 2. The largest absolute Gasteiger partial charge is 0.298 e. The average molecular weight is 379 g/mol. The first-order valence-electron chi connectivity index (χ1n) is 9.15. The van der Waals surface area contributed by atoms with Crippen molar-refractivity contribution < 1.29 is 0 Å². The van der Waals surface area contributed by atoms with E-state index in [9.17, 15) is 0 Å². The molecule has 4 heteroatoms. The fourth-order valence-corrected chi connectivity index (χ4v) is 4.10. The average Bonchev–Trinajstić information content (AvgIpc) is 2.66. The van der Waals surface area contributed by atoms with Crippen LogP contribution < -0.4 is 9.67 Å². The number of anilines is 2. The summed E-state index contributed by atoms with van der Waals surface area (Å²) in [4.78, 5) is 5.69. The SMILES string of the molecule is CCc1ccc(NCl)c(CC)c1Cc1c(CC)ccc(NCl)c1CC. The van der Waals surface area contributed by atoms with Crippen molar-refractivity contribution in [2.45, 2.75) is 59.8 Å². The fourth-order valence-electron chi connectivity index (χ4n) is 3.75. The van der Waals surface area contributed by atoms with Crippen LogP contribution in [-0.4, -0.2) is 0 Å². The molecular weight excluding hydrogens is 351 g/mol. The van der Waals surface area contributed by atoms with E-state index in [0.29, 0.717) is 0 Å². The van der Waals surface area contributed by atoms with Crippen molar-refractivity contribution in [3.05, 3.63) is 57.6 Å². The van der Waals surface area contributed by atoms with Gasteiger partial charge < -0.3 is 0 Å². The molecule has 0 atom stereocenters. The maximum atomic E-state index is 5.97. The topological polar surface area (TPSA) is 24.1 Å². The van der Waals surface area contributed by atoms with Crippen LogP contribution in [0.25, 0.3) is 0 Å². The molecule has 0 spiro atoms. The molecule has 0 saturated carbocycles. The van der Waals surface area contributed by atoms with E-state index in [0.717, 1.165) is 43.5 Å². The number of hydrogen-bond acceptors (Lipinski definition) is 2. The Balaban J connectivity index is 2.67. The molecular formula is C21H28Cl2N2. The lowest BCUT2D eigenvalue weighted by atomic mass is 9.86. The van der Waals surface area contributed by atoms with Crippen LogP contribution in [0.2, 0.25) is 0 Å². The standard InChI is InChI=1S/C21H28Cl2N2/c1-5-14-9-11-20(24-22)16(7-3)18(14)13-19-15(6-2)10-12-21(25-23)17(19)8-4/h9-12,24-25H,5-8,13H2,1-4H3. The second kappa shape index (κ2) is 9.35. The van der Waals surface area contributed by atoms with Gasteiger partial charge in [0.25, 0.3) is 0 Å². The highest BCUT2D eigenvalue weighted by Crippen LogP contribution is 2.32. The van der Waals surface area contributed by atoms with Gasteiger partial charge in [0.1, 0.15) is 0 Å². The summed E-state index contributed by atoms with van der Waals surface area (Å²) in [6, 6.07) is 8.57. The summed E-state index contributed by atoms with van der Waals surface area (Å²) in [6.45, 7) is 8.80. The van der Waals surface area contributed by atoms with E-state index < -0.39 is 0 Å². The Labute approximate surface area is 162 Å². The molecule has 2 N–H and O–H groups in total. The van der Waals surface area contributed by atoms with Crippen LogP contribution in [0.5, 0.6) is 0 Å². The van der Waals surface area contributed by atoms with E-state index in [1.54, 1.807) is 0 Å². The van der Waals surface area contributed by atoms with E-state index in [2.05, 4.69) is 61.6 Å². The molecule has 2 aromatic carbocycles. The van der Waals surface area contributed by atoms with Gasteiger partial charge >= 0.3 is 0 Å². The summed E-state index contributed by atoms with van der Waals surface area (Å²) in [5.41, 5.74) is 10.2. The maximum absolute atomic E-state index is 5.97. The van der Waals surface area contributed by atoms with Crippen molar-refractivity contribution in [1.29, 1.82) is 0 Å². The predicted octanol–water partition coefficient (Wildman–Crippen LogP) is 6.66. The van der Waals surface area contributed by atoms with Crippen LogP contribution in [0.1, 0.15) is 61.1 Å². The van der Waals surface area contributed by atoms with Crippen LogP contribution in [0.15, 0.2) is 24.3 Å². The van der Waals surface area contributed by atoms with Crippen LogP contribution >= 0.6 is 23.6 Å². The molecule has 0 aromatic heterocycles. The summed E-state index contributed by atoms with van der Waals surface area (Å²) >= 11 is 11.9. The highest BCUT2D eigenvalue weighted by atomic mass is 35.5. The number of rotatable bonds is 8. The lowest BCUT2D eigenvalue weighted by molar-refractivity contribution is 0.959. The molecule has 2 nitrogen and oxygen atoms in total. The molecule has 0 radical (unpaired) electrons. The van der Waals surface area contributed by atoms with E-state index in [1.807, 2.05) is 0 Å². The first-order chi connectivity index (χ1) is 12.1. The van der Waals surface area contributed by atoms with Crippen molar-refractivity contribution in [1.82, 2.24) is 0 Å². The first-order valence-corrected chi connectivity index (χ1v) is 9.91. The van der Waals surface area contributed by atoms with E-state index in [1.165, 1.54) is 33.4 Å². The van der Waals surface area contributed by atoms with Gasteiger partial charge in [-0.15, -0.1) is 0 Å². The fraction of sp³-hybridized carbons (Fsp3) is 0.429. The zero-order chi connectivity index (χ0) is 18.4. The monoisotopic (exact) mass is 378 g/mol. The molecule has 0 aliphatic carbocycles. The molecule has 0 amide bonds. The molecule has 2 aromatic rings. The molecule has 0 unspecified atom stereocenters. The Morgan fingerprint density at radius 2 is 1.00 bits per heavy atom. The third kappa shape index (κ3) is 4.07. The van der Waals surface area contributed by atoms with E-state index >= 15 is 0 Å². The van der Waals surface area contributed by atoms with Gasteiger partial charge in [-0.25, -0.2) is 0 Å². The van der Waals surface area contributed by atoms with Gasteiger partial charge in [-0.05, 0) is 77.6 Å². The van der Waals surface area contributed by atoms with Crippen LogP contribution in [0, 0.1) is 0 Å². The molecule has 0 saturated heterocycles. The maximum Gasteiger partial charge on any atom is 0.0526 e. The molecule has 0 bridgehead atoms. The van der Waals surface area contributed by atoms with Crippen LogP contribution in [-0.2, 0) is 32.1 Å². The van der Waals surface area contributed by atoms with Gasteiger partial charge in [-0.3, -0.25) is 9.67 Å². The van der Waals surface area contributed by atoms with Crippen molar-refractivity contribution in [3.63, 3.8) is 0 Å². The Morgan fingerprint density at radius 3 is 1.28 bits per heavy atom. The summed E-state index contributed by atoms with van der Waals surface area (Å²) in [7, 11) is 0. The smallest absolute Gasteiger partial charge is 0.0526 e. The minimum absolute atomic E-state index is 0.914. The van der Waals surface area contributed by atoms with Crippen molar-refractivity contribution in [2.24, 2.45) is 0 Å². The molecule has 0 aliphatic heterocycles. The normalized spacial score (nSPS) is 10.8. The Kier molecular flexibility index (Phi) is 7.46. The number of hydrogen-bond donors (Lipinski definition) is 2. The summed E-state index contributed by atoms with van der Waals surface area (Å²) in [6.07, 6.45) is 4.85. The second-order valence-electron chi connectivity index (χ2n) is 6.24. The summed E-state index contributed by atoms with van der Waals surface area (Å²) < 4.78 is 0. The van der Waals surface area contributed by atoms with Gasteiger partial charge in [-0.2, -0.15) is 0 Å². The molecule has 136 valence electrons. The van der Waals surface area contributed by atoms with Gasteiger partial charge in [0, 0.05) is 23.6 Å². The lowest BCUT2D eigenvalue weighted by Gasteiger charge is -2.21. The first kappa shape index (κ1) is 19.9. The molecule has 0 fully saturated rings. The molecule has 0 aliphatic rings. The molecule has 25 heavy (non-hydrogen) atoms. The minimum atomic E-state index is 0.914. The van der Waals surface area contributed by atoms with E-state index in [-0.39, 0.29) is 0 Å². The van der Waals surface area contributed by atoms with Crippen LogP contribution in [0.3, 0.4) is 0 Å². The van der Waals surface area contributed by atoms with Gasteiger partial charge in [0.15, 0.2) is 0 Å². The highest BCUT2D eigenvalue weighted by molar-refractivity contribution is 6.24. The number of nitrogens with one attached hydrogen (secondary N) is 2. The third-order valence-electron chi connectivity index (χ3n) is 5.08. The highest BCUT2D eigenvalue weighted by Gasteiger charge is 2.17. The quantitative estimate of drug-likeness (QED) is 0.501.